The summed E-state index contributed by atoms with van der Waals surface area (Å²) in [6, 6.07) is 14.6. The van der Waals surface area contributed by atoms with E-state index in [0.29, 0.717) is 35.4 Å². The van der Waals surface area contributed by atoms with E-state index in [9.17, 15) is 10.1 Å². The van der Waals surface area contributed by atoms with Crippen LogP contribution < -0.4 is 19.5 Å². The van der Waals surface area contributed by atoms with E-state index in [1.54, 1.807) is 18.2 Å². The van der Waals surface area contributed by atoms with Crippen LogP contribution >= 0.6 is 27.3 Å². The van der Waals surface area contributed by atoms with E-state index in [0.717, 1.165) is 28.1 Å². The van der Waals surface area contributed by atoms with Crippen molar-refractivity contribution >= 4 is 44.4 Å². The number of hydrogen-bond donors (Lipinski definition) is 1. The fourth-order valence-corrected chi connectivity index (χ4v) is 3.93. The van der Waals surface area contributed by atoms with Crippen LogP contribution in [-0.4, -0.2) is 36.4 Å². The van der Waals surface area contributed by atoms with Crippen LogP contribution in [-0.2, 0) is 11.2 Å². The second-order valence-electron chi connectivity index (χ2n) is 6.94. The molecule has 0 bridgehead atoms. The third kappa shape index (κ3) is 7.30. The number of hydrogen-bond acceptors (Lipinski definition) is 8. The Balaban J connectivity index is 1.61. The third-order valence-corrected chi connectivity index (χ3v) is 5.87. The fraction of sp³-hybridized carbons (Fsp3) is 0.250. The molecule has 1 amide bonds. The molecule has 0 aliphatic heterocycles. The van der Waals surface area contributed by atoms with Crippen molar-refractivity contribution in [1.29, 1.82) is 5.26 Å². The first-order valence-electron chi connectivity index (χ1n) is 10.5. The molecule has 0 fully saturated rings. The van der Waals surface area contributed by atoms with Gasteiger partial charge in [0.1, 0.15) is 35.6 Å². The number of halogens is 1. The van der Waals surface area contributed by atoms with Crippen molar-refractivity contribution in [3.8, 4) is 23.3 Å². The van der Waals surface area contributed by atoms with Crippen molar-refractivity contribution in [2.24, 2.45) is 0 Å². The number of rotatable bonds is 11. The van der Waals surface area contributed by atoms with E-state index in [2.05, 4.69) is 31.4 Å². The molecule has 0 saturated carbocycles. The molecule has 0 unspecified atom stereocenters. The Morgan fingerprint density at radius 1 is 1.15 bits per heavy atom. The van der Waals surface area contributed by atoms with Gasteiger partial charge in [-0.2, -0.15) is 5.26 Å². The Labute approximate surface area is 210 Å². The van der Waals surface area contributed by atoms with E-state index in [1.807, 2.05) is 37.3 Å². The highest BCUT2D eigenvalue weighted by atomic mass is 79.9. The predicted octanol–water partition coefficient (Wildman–Crippen LogP) is 5.27. The Morgan fingerprint density at radius 3 is 2.62 bits per heavy atom. The highest BCUT2D eigenvalue weighted by molar-refractivity contribution is 9.10. The molecule has 0 aliphatic carbocycles. The van der Waals surface area contributed by atoms with Crippen LogP contribution in [0, 0.1) is 11.3 Å². The first-order valence-corrected chi connectivity index (χ1v) is 12.1. The fourth-order valence-electron chi connectivity index (χ4n) is 2.83. The van der Waals surface area contributed by atoms with Crippen LogP contribution in [0.4, 0.5) is 5.13 Å². The molecule has 34 heavy (non-hydrogen) atoms. The number of aryl methyl sites for hydroxylation is 1. The molecule has 176 valence electrons. The summed E-state index contributed by atoms with van der Waals surface area (Å²) in [6.45, 7) is 2.71. The van der Waals surface area contributed by atoms with Crippen LogP contribution in [0.1, 0.15) is 23.9 Å². The molecule has 0 radical (unpaired) electrons. The minimum atomic E-state index is -0.550. The molecule has 2 aromatic carbocycles. The molecule has 0 spiro atoms. The van der Waals surface area contributed by atoms with Crippen molar-refractivity contribution in [2.45, 2.75) is 19.8 Å². The molecule has 1 N–H and O–H groups in total. The summed E-state index contributed by atoms with van der Waals surface area (Å²) < 4.78 is 17.8. The molecule has 10 heteroatoms. The smallest absolute Gasteiger partial charge is 0.268 e. The minimum absolute atomic E-state index is 0.0640. The number of amides is 1. The van der Waals surface area contributed by atoms with Crippen molar-refractivity contribution in [1.82, 2.24) is 10.2 Å². The lowest BCUT2D eigenvalue weighted by Crippen LogP contribution is -2.13. The van der Waals surface area contributed by atoms with Gasteiger partial charge in [0, 0.05) is 10.9 Å². The van der Waals surface area contributed by atoms with Gasteiger partial charge in [-0.15, -0.1) is 10.2 Å². The van der Waals surface area contributed by atoms with Gasteiger partial charge >= 0.3 is 0 Å². The lowest BCUT2D eigenvalue weighted by molar-refractivity contribution is -0.112. The highest BCUT2D eigenvalue weighted by Crippen LogP contribution is 2.29. The number of carbonyl (C=O) groups excluding carboxylic acids is 1. The molecule has 0 saturated heterocycles. The van der Waals surface area contributed by atoms with Crippen LogP contribution in [0.2, 0.25) is 0 Å². The minimum Gasteiger partial charge on any atom is -0.493 e. The standard InChI is InChI=1S/C24H23BrN4O4S/c1-3-4-22-28-29-24(34-22)27-23(30)17(15-26)13-16-5-10-20(21(14-16)31-2)33-12-11-32-19-8-6-18(25)7-9-19/h5-10,13-14H,3-4,11-12H2,1-2H3,(H,27,29,30). The van der Waals surface area contributed by atoms with Crippen LogP contribution in [0.5, 0.6) is 17.2 Å². The zero-order chi connectivity index (χ0) is 24.3. The summed E-state index contributed by atoms with van der Waals surface area (Å²) in [4.78, 5) is 12.5. The van der Waals surface area contributed by atoms with Crippen molar-refractivity contribution < 1.29 is 19.0 Å². The van der Waals surface area contributed by atoms with Gasteiger partial charge in [-0.3, -0.25) is 10.1 Å². The molecule has 1 heterocycles. The van der Waals surface area contributed by atoms with Crippen molar-refractivity contribution in [3.63, 3.8) is 0 Å². The van der Waals surface area contributed by atoms with Crippen molar-refractivity contribution in [2.75, 3.05) is 25.6 Å². The first kappa shape index (κ1) is 25.2. The van der Waals surface area contributed by atoms with Gasteiger partial charge in [0.05, 0.1) is 7.11 Å². The Kier molecular flexibility index (Phi) is 9.43. The Morgan fingerprint density at radius 2 is 1.91 bits per heavy atom. The van der Waals surface area contributed by atoms with Gasteiger partial charge in [0.2, 0.25) is 5.13 Å². The van der Waals surface area contributed by atoms with Gasteiger partial charge in [-0.25, -0.2) is 0 Å². The number of nitrogens with zero attached hydrogens (tertiary/aromatic N) is 3. The first-order chi connectivity index (χ1) is 16.5. The molecule has 1 aromatic heterocycles. The number of benzene rings is 2. The normalized spacial score (nSPS) is 10.9. The number of nitriles is 1. The molecule has 3 aromatic rings. The maximum Gasteiger partial charge on any atom is 0.268 e. The molecular formula is C24H23BrN4O4S. The van der Waals surface area contributed by atoms with E-state index < -0.39 is 5.91 Å². The van der Waals surface area contributed by atoms with Crippen LogP contribution in [0.15, 0.2) is 52.5 Å². The van der Waals surface area contributed by atoms with Gasteiger partial charge in [-0.05, 0) is 54.5 Å². The van der Waals surface area contributed by atoms with Gasteiger partial charge in [0.25, 0.3) is 5.91 Å². The Bertz CT molecular complexity index is 1190. The summed E-state index contributed by atoms with van der Waals surface area (Å²) in [5, 5.41) is 21.3. The number of aromatic nitrogens is 2. The number of carbonyl (C=O) groups is 1. The lowest BCUT2D eigenvalue weighted by Gasteiger charge is -2.12. The summed E-state index contributed by atoms with van der Waals surface area (Å²) >= 11 is 4.68. The highest BCUT2D eigenvalue weighted by Gasteiger charge is 2.14. The molecular weight excluding hydrogens is 520 g/mol. The quantitative estimate of drug-likeness (QED) is 0.200. The summed E-state index contributed by atoms with van der Waals surface area (Å²) in [6.07, 6.45) is 3.21. The Hall–Kier alpha value is -3.42. The monoisotopic (exact) mass is 542 g/mol. The van der Waals surface area contributed by atoms with Crippen LogP contribution in [0.25, 0.3) is 6.08 Å². The second kappa shape index (κ2) is 12.7. The third-order valence-electron chi connectivity index (χ3n) is 4.44. The van der Waals surface area contributed by atoms with E-state index in [4.69, 9.17) is 14.2 Å². The topological polar surface area (TPSA) is 106 Å². The second-order valence-corrected chi connectivity index (χ2v) is 8.91. The summed E-state index contributed by atoms with van der Waals surface area (Å²) in [7, 11) is 1.52. The number of methoxy groups -OCH3 is 1. The average Bonchev–Trinajstić information content (AvgIpc) is 3.28. The van der Waals surface area contributed by atoms with Gasteiger partial charge in [0.15, 0.2) is 11.5 Å². The maximum atomic E-state index is 12.5. The SMILES string of the molecule is CCCc1nnc(NC(=O)C(C#N)=Cc2ccc(OCCOc3ccc(Br)cc3)c(OC)c2)s1. The van der Waals surface area contributed by atoms with Crippen LogP contribution in [0.3, 0.4) is 0 Å². The van der Waals surface area contributed by atoms with Crippen molar-refractivity contribution in [3.05, 3.63) is 63.1 Å². The molecule has 3 rings (SSSR count). The van der Waals surface area contributed by atoms with E-state index in [1.165, 1.54) is 24.5 Å². The zero-order valence-electron chi connectivity index (χ0n) is 18.7. The van der Waals surface area contributed by atoms with E-state index >= 15 is 0 Å². The van der Waals surface area contributed by atoms with E-state index in [-0.39, 0.29) is 5.57 Å². The summed E-state index contributed by atoms with van der Waals surface area (Å²) in [5.74, 6) is 1.20. The largest absolute Gasteiger partial charge is 0.493 e. The molecule has 8 nitrogen and oxygen atoms in total. The van der Waals surface area contributed by atoms with Gasteiger partial charge in [-0.1, -0.05) is 40.3 Å². The zero-order valence-corrected chi connectivity index (χ0v) is 21.1. The molecule has 0 atom stereocenters. The van der Waals surface area contributed by atoms with Gasteiger partial charge < -0.3 is 14.2 Å². The molecule has 0 aliphatic rings. The summed E-state index contributed by atoms with van der Waals surface area (Å²) in [5.41, 5.74) is 0.553. The number of ether oxygens (including phenoxy) is 3. The predicted molar refractivity (Wildman–Crippen MR) is 134 cm³/mol. The number of anilines is 1. The lowest BCUT2D eigenvalue weighted by atomic mass is 10.1. The number of nitrogens with one attached hydrogen (secondary N) is 1. The average molecular weight is 543 g/mol. The maximum absolute atomic E-state index is 12.5.